The summed E-state index contributed by atoms with van der Waals surface area (Å²) in [6, 6.07) is 11.9. The lowest BCUT2D eigenvalue weighted by molar-refractivity contribution is 0.355. The average Bonchev–Trinajstić information content (AvgIpc) is 2.54. The third-order valence-electron chi connectivity index (χ3n) is 3.04. The Bertz CT molecular complexity index is 664. The molecule has 22 heavy (non-hydrogen) atoms. The first kappa shape index (κ1) is 16.0. The van der Waals surface area contributed by atoms with Gasteiger partial charge in [-0.05, 0) is 30.4 Å². The second-order valence-corrected chi connectivity index (χ2v) is 4.88. The van der Waals surface area contributed by atoms with Crippen molar-refractivity contribution in [2.24, 2.45) is 0 Å². The summed E-state index contributed by atoms with van der Waals surface area (Å²) in [7, 11) is 3.14. The molecule has 0 aliphatic carbocycles. The van der Waals surface area contributed by atoms with E-state index in [9.17, 15) is 4.39 Å². The van der Waals surface area contributed by atoms with Crippen molar-refractivity contribution >= 4 is 23.0 Å². The van der Waals surface area contributed by atoms with Gasteiger partial charge in [0.25, 0.3) is 0 Å². The monoisotopic (exact) mass is 320 g/mol. The van der Waals surface area contributed by atoms with Gasteiger partial charge in [0.15, 0.2) is 16.6 Å². The van der Waals surface area contributed by atoms with Gasteiger partial charge >= 0.3 is 0 Å². The topological polar surface area (TPSA) is 42.5 Å². The summed E-state index contributed by atoms with van der Waals surface area (Å²) in [5, 5.41) is 6.38. The van der Waals surface area contributed by atoms with Crippen molar-refractivity contribution in [3.05, 3.63) is 53.8 Å². The molecule has 0 heterocycles. The smallest absolute Gasteiger partial charge is 0.171 e. The second-order valence-electron chi connectivity index (χ2n) is 4.47. The molecule has 0 saturated carbocycles. The fraction of sp³-hybridized carbons (Fsp3) is 0.188. The summed E-state index contributed by atoms with van der Waals surface area (Å²) >= 11 is 5.20. The molecule has 0 spiro atoms. The molecule has 2 aromatic rings. The Labute approximate surface area is 134 Å². The highest BCUT2D eigenvalue weighted by Gasteiger charge is 2.06. The van der Waals surface area contributed by atoms with Gasteiger partial charge in [0.05, 0.1) is 14.2 Å². The zero-order valence-corrected chi connectivity index (χ0v) is 13.2. The lowest BCUT2D eigenvalue weighted by Crippen LogP contribution is -2.28. The Morgan fingerprint density at radius 3 is 2.50 bits per heavy atom. The molecule has 2 rings (SSSR count). The van der Waals surface area contributed by atoms with Gasteiger partial charge in [-0.2, -0.15) is 0 Å². The standard InChI is InChI=1S/C16H17FN2O2S/c1-20-14-8-7-12(9-15(14)21-2)19-16(22)18-10-11-5-3-4-6-13(11)17/h3-9H,10H2,1-2H3,(H2,18,19,22). The molecule has 2 N–H and O–H groups in total. The number of thiocarbonyl (C=S) groups is 1. The van der Waals surface area contributed by atoms with Crippen LogP contribution in [0.5, 0.6) is 11.5 Å². The number of benzene rings is 2. The van der Waals surface area contributed by atoms with E-state index in [1.807, 2.05) is 6.07 Å². The third kappa shape index (κ3) is 4.08. The van der Waals surface area contributed by atoms with Crippen molar-refractivity contribution in [1.29, 1.82) is 0 Å². The Balaban J connectivity index is 1.96. The molecular weight excluding hydrogens is 303 g/mol. The van der Waals surface area contributed by atoms with Gasteiger partial charge in [-0.3, -0.25) is 0 Å². The summed E-state index contributed by atoms with van der Waals surface area (Å²) in [4.78, 5) is 0. The van der Waals surface area contributed by atoms with Crippen molar-refractivity contribution in [3.8, 4) is 11.5 Å². The Hall–Kier alpha value is -2.34. The molecule has 0 aliphatic rings. The van der Waals surface area contributed by atoms with Crippen LogP contribution < -0.4 is 20.1 Å². The summed E-state index contributed by atoms with van der Waals surface area (Å²) in [5.74, 6) is 0.978. The van der Waals surface area contributed by atoms with Crippen LogP contribution in [0.25, 0.3) is 0 Å². The van der Waals surface area contributed by atoms with Crippen LogP contribution in [0.1, 0.15) is 5.56 Å². The normalized spacial score (nSPS) is 9.95. The van der Waals surface area contributed by atoms with E-state index in [0.717, 1.165) is 5.69 Å². The number of ether oxygens (including phenoxy) is 2. The largest absolute Gasteiger partial charge is 0.493 e. The van der Waals surface area contributed by atoms with Crippen molar-refractivity contribution < 1.29 is 13.9 Å². The summed E-state index contributed by atoms with van der Waals surface area (Å²) < 4.78 is 23.9. The van der Waals surface area contributed by atoms with Gasteiger partial charge in [-0.25, -0.2) is 4.39 Å². The van der Waals surface area contributed by atoms with E-state index >= 15 is 0 Å². The minimum Gasteiger partial charge on any atom is -0.493 e. The Morgan fingerprint density at radius 2 is 1.82 bits per heavy atom. The summed E-state index contributed by atoms with van der Waals surface area (Å²) in [5.41, 5.74) is 1.31. The van der Waals surface area contributed by atoms with E-state index in [1.165, 1.54) is 6.07 Å². The van der Waals surface area contributed by atoms with Crippen molar-refractivity contribution in [2.75, 3.05) is 19.5 Å². The minimum absolute atomic E-state index is 0.260. The first-order valence-electron chi connectivity index (χ1n) is 6.64. The Kier molecular flexibility index (Phi) is 5.55. The molecule has 0 aromatic heterocycles. The van der Waals surface area contributed by atoms with Crippen LogP contribution in [0.4, 0.5) is 10.1 Å². The van der Waals surface area contributed by atoms with Gasteiger partial charge in [0.1, 0.15) is 5.82 Å². The quantitative estimate of drug-likeness (QED) is 0.827. The fourth-order valence-electron chi connectivity index (χ4n) is 1.91. The van der Waals surface area contributed by atoms with Crippen LogP contribution in [0.2, 0.25) is 0 Å². The Morgan fingerprint density at radius 1 is 1.09 bits per heavy atom. The third-order valence-corrected chi connectivity index (χ3v) is 3.29. The highest BCUT2D eigenvalue weighted by Crippen LogP contribution is 2.29. The molecule has 0 unspecified atom stereocenters. The molecule has 0 saturated heterocycles. The molecule has 0 fully saturated rings. The van der Waals surface area contributed by atoms with E-state index < -0.39 is 0 Å². The van der Waals surface area contributed by atoms with Crippen LogP contribution in [0.3, 0.4) is 0 Å². The molecule has 4 nitrogen and oxygen atoms in total. The SMILES string of the molecule is COc1ccc(NC(=S)NCc2ccccc2F)cc1OC. The van der Waals surface area contributed by atoms with Gasteiger partial charge in [0, 0.05) is 23.9 Å². The maximum absolute atomic E-state index is 13.5. The van der Waals surface area contributed by atoms with E-state index in [1.54, 1.807) is 44.6 Å². The molecule has 0 bridgehead atoms. The maximum atomic E-state index is 13.5. The molecule has 0 aliphatic heterocycles. The molecule has 6 heteroatoms. The van der Waals surface area contributed by atoms with E-state index in [4.69, 9.17) is 21.7 Å². The lowest BCUT2D eigenvalue weighted by atomic mass is 10.2. The molecule has 0 radical (unpaired) electrons. The van der Waals surface area contributed by atoms with Crippen LogP contribution in [0, 0.1) is 5.82 Å². The number of rotatable bonds is 5. The van der Waals surface area contributed by atoms with E-state index in [0.29, 0.717) is 28.7 Å². The van der Waals surface area contributed by atoms with Gasteiger partial charge in [-0.1, -0.05) is 18.2 Å². The fourth-order valence-corrected chi connectivity index (χ4v) is 2.10. The molecule has 0 atom stereocenters. The first-order valence-corrected chi connectivity index (χ1v) is 7.05. The number of halogens is 1. The van der Waals surface area contributed by atoms with Crippen molar-refractivity contribution in [2.45, 2.75) is 6.54 Å². The predicted octanol–water partition coefficient (Wildman–Crippen LogP) is 3.33. The van der Waals surface area contributed by atoms with Gasteiger partial charge in [-0.15, -0.1) is 0 Å². The summed E-state index contributed by atoms with van der Waals surface area (Å²) in [6.07, 6.45) is 0. The molecule has 116 valence electrons. The second kappa shape index (κ2) is 7.61. The number of nitrogens with one attached hydrogen (secondary N) is 2. The zero-order chi connectivity index (χ0) is 15.9. The highest BCUT2D eigenvalue weighted by atomic mass is 32.1. The van der Waals surface area contributed by atoms with Crippen LogP contribution in [-0.4, -0.2) is 19.3 Å². The summed E-state index contributed by atoms with van der Waals surface area (Å²) in [6.45, 7) is 0.311. The number of methoxy groups -OCH3 is 2. The van der Waals surface area contributed by atoms with Crippen molar-refractivity contribution in [1.82, 2.24) is 5.32 Å². The molecule has 2 aromatic carbocycles. The predicted molar refractivity (Wildman–Crippen MR) is 89.0 cm³/mol. The maximum Gasteiger partial charge on any atom is 0.171 e. The zero-order valence-electron chi connectivity index (χ0n) is 12.4. The number of anilines is 1. The highest BCUT2D eigenvalue weighted by molar-refractivity contribution is 7.80. The first-order chi connectivity index (χ1) is 10.6. The van der Waals surface area contributed by atoms with E-state index in [2.05, 4.69) is 10.6 Å². The van der Waals surface area contributed by atoms with Crippen LogP contribution in [-0.2, 0) is 6.54 Å². The van der Waals surface area contributed by atoms with Gasteiger partial charge < -0.3 is 20.1 Å². The molecular formula is C16H17FN2O2S. The minimum atomic E-state index is -0.260. The van der Waals surface area contributed by atoms with Crippen molar-refractivity contribution in [3.63, 3.8) is 0 Å². The molecule has 0 amide bonds. The lowest BCUT2D eigenvalue weighted by Gasteiger charge is -2.13. The van der Waals surface area contributed by atoms with Gasteiger partial charge in [0.2, 0.25) is 0 Å². The average molecular weight is 320 g/mol. The van der Waals surface area contributed by atoms with Crippen LogP contribution in [0.15, 0.2) is 42.5 Å². The van der Waals surface area contributed by atoms with E-state index in [-0.39, 0.29) is 5.82 Å². The number of hydrogen-bond acceptors (Lipinski definition) is 3. The number of hydrogen-bond donors (Lipinski definition) is 2. The van der Waals surface area contributed by atoms with Crippen LogP contribution >= 0.6 is 12.2 Å².